The molecule has 0 fully saturated rings. The van der Waals surface area contributed by atoms with Crippen molar-refractivity contribution in [3.05, 3.63) is 23.8 Å². The van der Waals surface area contributed by atoms with Crippen molar-refractivity contribution in [1.29, 1.82) is 0 Å². The summed E-state index contributed by atoms with van der Waals surface area (Å²) in [5.41, 5.74) is 1.50. The maximum absolute atomic E-state index is 3.60. The summed E-state index contributed by atoms with van der Waals surface area (Å²) in [6, 6.07) is 1.26. The molecule has 1 unspecified atom stereocenters. The quantitative estimate of drug-likeness (QED) is 0.698. The van der Waals surface area contributed by atoms with Gasteiger partial charge in [-0.1, -0.05) is 23.8 Å². The van der Waals surface area contributed by atoms with Crippen LogP contribution in [0.25, 0.3) is 0 Å². The highest BCUT2D eigenvalue weighted by atomic mass is 15.2. The molecule has 2 heteroatoms. The molecule has 18 heavy (non-hydrogen) atoms. The Hall–Kier alpha value is -0.600. The van der Waals surface area contributed by atoms with Gasteiger partial charge < -0.3 is 5.32 Å². The molecule has 0 spiro atoms. The van der Waals surface area contributed by atoms with Crippen LogP contribution in [0.15, 0.2) is 23.8 Å². The lowest BCUT2D eigenvalue weighted by Gasteiger charge is -2.30. The predicted molar refractivity (Wildman–Crippen MR) is 80.9 cm³/mol. The normalized spacial score (nSPS) is 20.0. The summed E-state index contributed by atoms with van der Waals surface area (Å²) in [5.74, 6) is 0.682. The van der Waals surface area contributed by atoms with Gasteiger partial charge in [0.15, 0.2) is 0 Å². The SMILES string of the molecule is CC1=CC=CC(CNCCN(C(C)C)C(C)C)C1. The molecule has 2 nitrogen and oxygen atoms in total. The lowest BCUT2D eigenvalue weighted by atomic mass is 9.95. The fourth-order valence-electron chi connectivity index (χ4n) is 2.68. The van der Waals surface area contributed by atoms with Gasteiger partial charge in [-0.05, 0) is 47.0 Å². The first-order valence-corrected chi connectivity index (χ1v) is 7.31. The second-order valence-corrected chi connectivity index (χ2v) is 5.99. The van der Waals surface area contributed by atoms with E-state index >= 15 is 0 Å². The van der Waals surface area contributed by atoms with Crippen LogP contribution in [0, 0.1) is 5.92 Å². The van der Waals surface area contributed by atoms with Crippen LogP contribution < -0.4 is 5.32 Å². The Labute approximate surface area is 113 Å². The summed E-state index contributed by atoms with van der Waals surface area (Å²) in [4.78, 5) is 2.54. The summed E-state index contributed by atoms with van der Waals surface area (Å²) >= 11 is 0. The van der Waals surface area contributed by atoms with E-state index in [-0.39, 0.29) is 0 Å². The standard InChI is InChI=1S/C16H30N2/c1-13(2)18(14(3)4)10-9-17-12-16-8-6-7-15(5)11-16/h6-8,13-14,16-17H,9-12H2,1-5H3. The van der Waals surface area contributed by atoms with E-state index in [1.165, 1.54) is 12.0 Å². The van der Waals surface area contributed by atoms with E-state index in [9.17, 15) is 0 Å². The van der Waals surface area contributed by atoms with E-state index in [1.54, 1.807) is 0 Å². The van der Waals surface area contributed by atoms with E-state index in [0.717, 1.165) is 19.6 Å². The lowest BCUT2D eigenvalue weighted by Crippen LogP contribution is -2.42. The van der Waals surface area contributed by atoms with Crippen LogP contribution in [0.2, 0.25) is 0 Å². The fraction of sp³-hybridized carbons (Fsp3) is 0.750. The second-order valence-electron chi connectivity index (χ2n) is 5.99. The highest BCUT2D eigenvalue weighted by Crippen LogP contribution is 2.16. The molecule has 1 rings (SSSR count). The third-order valence-electron chi connectivity index (χ3n) is 3.63. The molecule has 104 valence electrons. The van der Waals surface area contributed by atoms with Crippen molar-refractivity contribution in [2.45, 2.75) is 53.1 Å². The van der Waals surface area contributed by atoms with Crippen molar-refractivity contribution in [2.75, 3.05) is 19.6 Å². The first kappa shape index (κ1) is 15.5. The fourth-order valence-corrected chi connectivity index (χ4v) is 2.68. The number of rotatable bonds is 7. The Balaban J connectivity index is 2.18. The van der Waals surface area contributed by atoms with Crippen LogP contribution in [0.5, 0.6) is 0 Å². The third-order valence-corrected chi connectivity index (χ3v) is 3.63. The van der Waals surface area contributed by atoms with Crippen molar-refractivity contribution in [2.24, 2.45) is 5.92 Å². The van der Waals surface area contributed by atoms with Gasteiger partial charge in [0, 0.05) is 31.7 Å². The van der Waals surface area contributed by atoms with Gasteiger partial charge in [0.25, 0.3) is 0 Å². The van der Waals surface area contributed by atoms with Gasteiger partial charge in [0.05, 0.1) is 0 Å². The van der Waals surface area contributed by atoms with E-state index in [4.69, 9.17) is 0 Å². The molecule has 0 bridgehead atoms. The predicted octanol–water partition coefficient (Wildman–Crippen LogP) is 3.22. The largest absolute Gasteiger partial charge is 0.315 e. The molecule has 0 aromatic heterocycles. The highest BCUT2D eigenvalue weighted by Gasteiger charge is 2.13. The second kappa shape index (κ2) is 7.75. The monoisotopic (exact) mass is 250 g/mol. The smallest absolute Gasteiger partial charge is 0.0112 e. The molecule has 1 N–H and O–H groups in total. The minimum atomic E-state index is 0.631. The average molecular weight is 250 g/mol. The lowest BCUT2D eigenvalue weighted by molar-refractivity contribution is 0.175. The van der Waals surface area contributed by atoms with Crippen molar-refractivity contribution in [3.63, 3.8) is 0 Å². The summed E-state index contributed by atoms with van der Waals surface area (Å²) in [6.45, 7) is 14.7. The average Bonchev–Trinajstić information content (AvgIpc) is 2.27. The van der Waals surface area contributed by atoms with Gasteiger partial charge >= 0.3 is 0 Å². The van der Waals surface area contributed by atoms with Crippen LogP contribution in [0.3, 0.4) is 0 Å². The van der Waals surface area contributed by atoms with Gasteiger partial charge in [0.1, 0.15) is 0 Å². The number of nitrogens with one attached hydrogen (secondary N) is 1. The van der Waals surface area contributed by atoms with Crippen LogP contribution in [0.1, 0.15) is 41.0 Å². The summed E-state index contributed by atoms with van der Waals surface area (Å²) in [6.07, 6.45) is 7.94. The molecule has 0 amide bonds. The van der Waals surface area contributed by atoms with Gasteiger partial charge in [-0.2, -0.15) is 0 Å². The minimum absolute atomic E-state index is 0.631. The van der Waals surface area contributed by atoms with Crippen molar-refractivity contribution in [3.8, 4) is 0 Å². The molecule has 0 saturated carbocycles. The van der Waals surface area contributed by atoms with Crippen molar-refractivity contribution in [1.82, 2.24) is 10.2 Å². The zero-order valence-electron chi connectivity index (χ0n) is 12.7. The van der Waals surface area contributed by atoms with Crippen LogP contribution in [0.4, 0.5) is 0 Å². The number of hydrogen-bond acceptors (Lipinski definition) is 2. The number of allylic oxidation sites excluding steroid dienone is 3. The molecule has 1 aliphatic carbocycles. The topological polar surface area (TPSA) is 15.3 Å². The molecule has 0 radical (unpaired) electrons. The van der Waals surface area contributed by atoms with Crippen molar-refractivity contribution >= 4 is 0 Å². The maximum Gasteiger partial charge on any atom is 0.0112 e. The zero-order chi connectivity index (χ0) is 13.5. The first-order valence-electron chi connectivity index (χ1n) is 7.31. The van der Waals surface area contributed by atoms with Crippen LogP contribution in [-0.4, -0.2) is 36.6 Å². The minimum Gasteiger partial charge on any atom is -0.315 e. The maximum atomic E-state index is 3.60. The first-order chi connectivity index (χ1) is 8.50. The molecule has 0 aromatic rings. The summed E-state index contributed by atoms with van der Waals surface area (Å²) < 4.78 is 0. The Morgan fingerprint density at radius 2 is 1.94 bits per heavy atom. The van der Waals surface area contributed by atoms with E-state index < -0.39 is 0 Å². The van der Waals surface area contributed by atoms with Gasteiger partial charge in [-0.3, -0.25) is 4.90 Å². The third kappa shape index (κ3) is 5.36. The molecule has 1 atom stereocenters. The molecular formula is C16H30N2. The molecule has 0 aliphatic heterocycles. The Bertz CT molecular complexity index is 281. The van der Waals surface area contributed by atoms with Crippen LogP contribution in [-0.2, 0) is 0 Å². The highest BCUT2D eigenvalue weighted by molar-refractivity contribution is 5.18. The van der Waals surface area contributed by atoms with E-state index in [2.05, 4.69) is 63.1 Å². The zero-order valence-corrected chi connectivity index (χ0v) is 12.7. The molecule has 1 aliphatic rings. The molecule has 0 heterocycles. The van der Waals surface area contributed by atoms with Crippen LogP contribution >= 0.6 is 0 Å². The van der Waals surface area contributed by atoms with Gasteiger partial charge in [-0.25, -0.2) is 0 Å². The van der Waals surface area contributed by atoms with Crippen molar-refractivity contribution < 1.29 is 0 Å². The molecular weight excluding hydrogens is 220 g/mol. The van der Waals surface area contributed by atoms with Gasteiger partial charge in [0.2, 0.25) is 0 Å². The van der Waals surface area contributed by atoms with Gasteiger partial charge in [-0.15, -0.1) is 0 Å². The van der Waals surface area contributed by atoms with E-state index in [0.29, 0.717) is 18.0 Å². The summed E-state index contributed by atoms with van der Waals surface area (Å²) in [7, 11) is 0. The number of nitrogens with zero attached hydrogens (tertiary/aromatic N) is 1. The Morgan fingerprint density at radius 1 is 1.28 bits per heavy atom. The van der Waals surface area contributed by atoms with E-state index in [1.807, 2.05) is 0 Å². The molecule has 0 saturated heterocycles. The Kier molecular flexibility index (Phi) is 6.66. The summed E-state index contributed by atoms with van der Waals surface area (Å²) in [5, 5.41) is 3.60. The molecule has 0 aromatic carbocycles. The Morgan fingerprint density at radius 3 is 2.50 bits per heavy atom. The number of hydrogen-bond donors (Lipinski definition) is 1.